The van der Waals surface area contributed by atoms with E-state index in [1.165, 1.54) is 0 Å². The average Bonchev–Trinajstić information content (AvgIpc) is 2.29. The highest BCUT2D eigenvalue weighted by Gasteiger charge is 2.23. The molecule has 0 aliphatic rings. The van der Waals surface area contributed by atoms with Crippen LogP contribution in [0.4, 0.5) is 0 Å². The molecule has 1 aromatic rings. The fourth-order valence-electron chi connectivity index (χ4n) is 1.53. The highest BCUT2D eigenvalue weighted by atomic mass is 16.5. The molecule has 0 spiro atoms. The third-order valence-electron chi connectivity index (χ3n) is 3.00. The number of ketones is 1. The summed E-state index contributed by atoms with van der Waals surface area (Å²) in [5, 5.41) is 0. The molecule has 0 fully saturated rings. The molecular weight excluding hydrogens is 226 g/mol. The maximum Gasteiger partial charge on any atom is 0.164 e. The summed E-state index contributed by atoms with van der Waals surface area (Å²) < 4.78 is 5.34. The number of carbonyl (C=O) groups is 1. The smallest absolute Gasteiger partial charge is 0.164 e. The molecule has 3 nitrogen and oxygen atoms in total. The summed E-state index contributed by atoms with van der Waals surface area (Å²) in [6, 6.07) is 7.10. The Morgan fingerprint density at radius 3 is 2.28 bits per heavy atom. The van der Waals surface area contributed by atoms with Crippen molar-refractivity contribution in [3.05, 3.63) is 29.8 Å². The van der Waals surface area contributed by atoms with E-state index in [9.17, 15) is 4.79 Å². The van der Waals surface area contributed by atoms with Gasteiger partial charge in [-0.15, -0.1) is 0 Å². The minimum absolute atomic E-state index is 0.0546. The molecule has 0 aromatic heterocycles. The predicted molar refractivity (Wildman–Crippen MR) is 74.0 cm³/mol. The molecule has 0 bridgehead atoms. The summed E-state index contributed by atoms with van der Waals surface area (Å²) >= 11 is 0. The summed E-state index contributed by atoms with van der Waals surface area (Å²) in [7, 11) is 0. The van der Waals surface area contributed by atoms with E-state index in [-0.39, 0.29) is 17.2 Å². The van der Waals surface area contributed by atoms with Crippen molar-refractivity contribution in [2.75, 3.05) is 6.61 Å². The zero-order valence-corrected chi connectivity index (χ0v) is 11.7. The number of hydrogen-bond donors (Lipinski definition) is 1. The van der Waals surface area contributed by atoms with E-state index in [0.717, 1.165) is 5.75 Å². The molecule has 3 heteroatoms. The second-order valence-corrected chi connectivity index (χ2v) is 5.56. The molecule has 0 amide bonds. The van der Waals surface area contributed by atoms with Gasteiger partial charge in [-0.3, -0.25) is 4.79 Å². The average molecular weight is 249 g/mol. The van der Waals surface area contributed by atoms with Gasteiger partial charge < -0.3 is 10.5 Å². The normalized spacial score (nSPS) is 13.2. The fraction of sp³-hybridized carbons (Fsp3) is 0.533. The van der Waals surface area contributed by atoms with Crippen LogP contribution in [0, 0.1) is 5.41 Å². The van der Waals surface area contributed by atoms with Crippen molar-refractivity contribution in [2.24, 2.45) is 11.1 Å². The second-order valence-electron chi connectivity index (χ2n) is 5.56. The van der Waals surface area contributed by atoms with Crippen molar-refractivity contribution in [1.82, 2.24) is 0 Å². The molecule has 100 valence electrons. The Morgan fingerprint density at radius 2 is 1.83 bits per heavy atom. The topological polar surface area (TPSA) is 52.3 Å². The summed E-state index contributed by atoms with van der Waals surface area (Å²) in [6.07, 6.45) is 0.373. The van der Waals surface area contributed by atoms with Crippen LogP contribution in [0.25, 0.3) is 0 Å². The van der Waals surface area contributed by atoms with Crippen molar-refractivity contribution in [2.45, 2.75) is 40.2 Å². The maximum absolute atomic E-state index is 12.1. The minimum atomic E-state index is -0.128. The van der Waals surface area contributed by atoms with E-state index in [2.05, 4.69) is 0 Å². The molecule has 18 heavy (non-hydrogen) atoms. The number of Topliss-reactive ketones (excluding diaryl/α,β-unsaturated/α-hetero) is 1. The minimum Gasteiger partial charge on any atom is -0.494 e. The van der Waals surface area contributed by atoms with Crippen molar-refractivity contribution < 1.29 is 9.53 Å². The number of hydrogen-bond acceptors (Lipinski definition) is 3. The van der Waals surface area contributed by atoms with Gasteiger partial charge in [-0.1, -0.05) is 20.8 Å². The van der Waals surface area contributed by atoms with Crippen LogP contribution in [0.1, 0.15) is 44.5 Å². The van der Waals surface area contributed by atoms with Crippen molar-refractivity contribution in [1.29, 1.82) is 0 Å². The van der Waals surface area contributed by atoms with Crippen LogP contribution in [-0.2, 0) is 0 Å². The zero-order valence-electron chi connectivity index (χ0n) is 11.7. The molecule has 0 saturated heterocycles. The van der Waals surface area contributed by atoms with Gasteiger partial charge in [0.2, 0.25) is 0 Å². The first-order valence-electron chi connectivity index (χ1n) is 6.36. The largest absolute Gasteiger partial charge is 0.494 e. The predicted octanol–water partition coefficient (Wildman–Crippen LogP) is 3.03. The summed E-state index contributed by atoms with van der Waals surface area (Å²) in [4.78, 5) is 12.1. The Hall–Kier alpha value is -1.35. The number of carbonyl (C=O) groups excluding carboxylic acids is 1. The van der Waals surface area contributed by atoms with Crippen LogP contribution in [0.5, 0.6) is 5.75 Å². The zero-order chi connectivity index (χ0) is 13.8. The lowest BCUT2D eigenvalue weighted by molar-refractivity contribution is 0.0953. The lowest BCUT2D eigenvalue weighted by atomic mass is 9.84. The quantitative estimate of drug-likeness (QED) is 0.816. The van der Waals surface area contributed by atoms with Crippen molar-refractivity contribution in [3.8, 4) is 5.75 Å². The maximum atomic E-state index is 12.1. The lowest BCUT2D eigenvalue weighted by Gasteiger charge is -2.26. The van der Waals surface area contributed by atoms with E-state index in [0.29, 0.717) is 18.6 Å². The Labute approximate surface area is 109 Å². The van der Waals surface area contributed by atoms with Gasteiger partial charge >= 0.3 is 0 Å². The molecule has 1 aromatic carbocycles. The molecule has 2 N–H and O–H groups in total. The molecule has 1 unspecified atom stereocenters. The van der Waals surface area contributed by atoms with Gasteiger partial charge in [0.25, 0.3) is 0 Å². The third-order valence-corrected chi connectivity index (χ3v) is 3.00. The summed E-state index contributed by atoms with van der Waals surface area (Å²) in [5.41, 5.74) is 6.66. The molecule has 0 saturated carbocycles. The molecule has 1 atom stereocenters. The summed E-state index contributed by atoms with van der Waals surface area (Å²) in [6.45, 7) is 8.69. The Bertz CT molecular complexity index is 390. The standard InChI is InChI=1S/C15H23NO2/c1-5-18-12-8-6-11(7-9-12)13(17)10-14(16)15(2,3)4/h6-9,14H,5,10,16H2,1-4H3. The molecule has 0 radical (unpaired) electrons. The van der Waals surface area contributed by atoms with Crippen LogP contribution >= 0.6 is 0 Å². The van der Waals surface area contributed by atoms with Gasteiger partial charge in [0.15, 0.2) is 5.78 Å². The van der Waals surface area contributed by atoms with Gasteiger partial charge in [0, 0.05) is 18.0 Å². The van der Waals surface area contributed by atoms with E-state index in [1.54, 1.807) is 12.1 Å². The number of ether oxygens (including phenoxy) is 1. The highest BCUT2D eigenvalue weighted by molar-refractivity contribution is 5.96. The lowest BCUT2D eigenvalue weighted by Crippen LogP contribution is -2.36. The fourth-order valence-corrected chi connectivity index (χ4v) is 1.53. The number of nitrogens with two attached hydrogens (primary N) is 1. The SMILES string of the molecule is CCOc1ccc(C(=O)CC(N)C(C)(C)C)cc1. The number of benzene rings is 1. The monoisotopic (exact) mass is 249 g/mol. The molecular formula is C15H23NO2. The van der Waals surface area contributed by atoms with E-state index < -0.39 is 0 Å². The first-order valence-corrected chi connectivity index (χ1v) is 6.36. The van der Waals surface area contributed by atoms with Crippen LogP contribution < -0.4 is 10.5 Å². The van der Waals surface area contributed by atoms with Gasteiger partial charge in [0.05, 0.1) is 6.61 Å². The second kappa shape index (κ2) is 6.01. The van der Waals surface area contributed by atoms with Crippen molar-refractivity contribution in [3.63, 3.8) is 0 Å². The van der Waals surface area contributed by atoms with Crippen LogP contribution in [0.2, 0.25) is 0 Å². The van der Waals surface area contributed by atoms with Crippen molar-refractivity contribution >= 4 is 5.78 Å². The first-order chi connectivity index (χ1) is 8.34. The molecule has 0 heterocycles. The summed E-state index contributed by atoms with van der Waals surface area (Å²) in [5.74, 6) is 0.870. The Morgan fingerprint density at radius 1 is 1.28 bits per heavy atom. The van der Waals surface area contributed by atoms with Gasteiger partial charge in [0.1, 0.15) is 5.75 Å². The van der Waals surface area contributed by atoms with Gasteiger partial charge in [-0.25, -0.2) is 0 Å². The molecule has 1 rings (SSSR count). The third kappa shape index (κ3) is 4.15. The van der Waals surface area contributed by atoms with Crippen LogP contribution in [0.3, 0.4) is 0 Å². The number of rotatable bonds is 5. The molecule has 0 aliphatic heterocycles. The Balaban J connectivity index is 2.67. The van der Waals surface area contributed by atoms with Gasteiger partial charge in [-0.05, 0) is 36.6 Å². The van der Waals surface area contributed by atoms with Crippen LogP contribution in [0.15, 0.2) is 24.3 Å². The van der Waals surface area contributed by atoms with E-state index in [1.807, 2.05) is 39.8 Å². The molecule has 0 aliphatic carbocycles. The van der Waals surface area contributed by atoms with Gasteiger partial charge in [-0.2, -0.15) is 0 Å². The van der Waals surface area contributed by atoms with E-state index >= 15 is 0 Å². The Kier molecular flexibility index (Phi) is 4.91. The first kappa shape index (κ1) is 14.7. The van der Waals surface area contributed by atoms with E-state index in [4.69, 9.17) is 10.5 Å². The highest BCUT2D eigenvalue weighted by Crippen LogP contribution is 2.22. The van der Waals surface area contributed by atoms with Crippen LogP contribution in [-0.4, -0.2) is 18.4 Å².